The molecule has 0 aliphatic heterocycles. The monoisotopic (exact) mass is 233 g/mol. The Kier molecular flexibility index (Phi) is 2.45. The van der Waals surface area contributed by atoms with Crippen LogP contribution in [0.3, 0.4) is 0 Å². The van der Waals surface area contributed by atoms with Crippen molar-refractivity contribution in [3.05, 3.63) is 44.3 Å². The summed E-state index contributed by atoms with van der Waals surface area (Å²) in [6, 6.07) is 5.26. The van der Waals surface area contributed by atoms with Crippen LogP contribution in [0.5, 0.6) is 0 Å². The molecule has 0 radical (unpaired) electrons. The van der Waals surface area contributed by atoms with E-state index in [1.54, 1.807) is 19.1 Å². The molecule has 0 aliphatic carbocycles. The highest BCUT2D eigenvalue weighted by molar-refractivity contribution is 6.32. The van der Waals surface area contributed by atoms with Crippen LogP contribution in [0.25, 0.3) is 11.0 Å². The highest BCUT2D eigenvalue weighted by Gasteiger charge is 2.11. The van der Waals surface area contributed by atoms with E-state index in [-0.39, 0.29) is 5.56 Å². The fourth-order valence-electron chi connectivity index (χ4n) is 1.60. The van der Waals surface area contributed by atoms with Gasteiger partial charge in [-0.1, -0.05) is 11.6 Å². The number of hydrogen-bond acceptors (Lipinski definition) is 3. The van der Waals surface area contributed by atoms with E-state index < -0.39 is 5.63 Å². The summed E-state index contributed by atoms with van der Waals surface area (Å²) < 4.78 is 5.06. The van der Waals surface area contributed by atoms with Crippen molar-refractivity contribution in [2.24, 2.45) is 0 Å². The molecule has 0 aliphatic rings. The predicted molar refractivity (Wildman–Crippen MR) is 61.7 cm³/mol. The fraction of sp³-hybridized carbons (Fsp3) is 0.167. The first-order valence-electron chi connectivity index (χ1n) is 4.68. The standard InChI is InChI=1S/C12H8ClNO2/c1-6-3-11-8(4-10(6)13)7(2)9(5-14)12(15)16-11/h3-4H,1-2H3. The lowest BCUT2D eigenvalue weighted by Crippen LogP contribution is -2.06. The van der Waals surface area contributed by atoms with Crippen molar-refractivity contribution < 1.29 is 4.42 Å². The second-order valence-electron chi connectivity index (χ2n) is 3.60. The van der Waals surface area contributed by atoms with Gasteiger partial charge in [0.25, 0.3) is 0 Å². The Balaban J connectivity index is 3.01. The first-order valence-corrected chi connectivity index (χ1v) is 5.06. The van der Waals surface area contributed by atoms with Gasteiger partial charge in [-0.15, -0.1) is 0 Å². The van der Waals surface area contributed by atoms with E-state index in [1.165, 1.54) is 0 Å². The number of nitrogens with zero attached hydrogens (tertiary/aromatic N) is 1. The molecule has 4 heteroatoms. The van der Waals surface area contributed by atoms with Crippen molar-refractivity contribution >= 4 is 22.6 Å². The maximum absolute atomic E-state index is 11.5. The molecular weight excluding hydrogens is 226 g/mol. The molecule has 2 aromatic rings. The zero-order valence-electron chi connectivity index (χ0n) is 8.80. The largest absolute Gasteiger partial charge is 0.422 e. The highest BCUT2D eigenvalue weighted by Crippen LogP contribution is 2.25. The molecule has 3 nitrogen and oxygen atoms in total. The third kappa shape index (κ3) is 1.48. The average Bonchev–Trinajstić information content (AvgIpc) is 2.22. The predicted octanol–water partition coefficient (Wildman–Crippen LogP) is 2.93. The second kappa shape index (κ2) is 3.66. The van der Waals surface area contributed by atoms with Gasteiger partial charge in [0.2, 0.25) is 0 Å². The Bertz CT molecular complexity index is 680. The van der Waals surface area contributed by atoms with Crippen molar-refractivity contribution in [1.82, 2.24) is 0 Å². The van der Waals surface area contributed by atoms with Crippen molar-refractivity contribution in [3.63, 3.8) is 0 Å². The van der Waals surface area contributed by atoms with Crippen LogP contribution in [0.15, 0.2) is 21.3 Å². The van der Waals surface area contributed by atoms with E-state index in [4.69, 9.17) is 21.3 Å². The Labute approximate surface area is 96.9 Å². The molecule has 1 heterocycles. The lowest BCUT2D eigenvalue weighted by atomic mass is 10.1. The Morgan fingerprint density at radius 2 is 2.06 bits per heavy atom. The third-order valence-electron chi connectivity index (χ3n) is 2.56. The highest BCUT2D eigenvalue weighted by atomic mass is 35.5. The molecule has 0 fully saturated rings. The summed E-state index contributed by atoms with van der Waals surface area (Å²) >= 11 is 5.99. The normalized spacial score (nSPS) is 10.4. The van der Waals surface area contributed by atoms with Crippen LogP contribution in [0.2, 0.25) is 5.02 Å². The molecule has 0 spiro atoms. The van der Waals surface area contributed by atoms with Crippen LogP contribution >= 0.6 is 11.6 Å². The molecule has 0 saturated carbocycles. The molecule has 0 amide bonds. The molecule has 80 valence electrons. The lowest BCUT2D eigenvalue weighted by molar-refractivity contribution is 0.557. The SMILES string of the molecule is Cc1cc2oc(=O)c(C#N)c(C)c2cc1Cl. The van der Waals surface area contributed by atoms with Crippen LogP contribution in [0, 0.1) is 25.2 Å². The van der Waals surface area contributed by atoms with Crippen molar-refractivity contribution in [2.75, 3.05) is 0 Å². The molecular formula is C12H8ClNO2. The van der Waals surface area contributed by atoms with E-state index in [0.717, 1.165) is 5.56 Å². The minimum Gasteiger partial charge on any atom is -0.422 e. The molecule has 0 bridgehead atoms. The summed E-state index contributed by atoms with van der Waals surface area (Å²) in [6.07, 6.45) is 0. The molecule has 0 atom stereocenters. The molecule has 2 rings (SSSR count). The quantitative estimate of drug-likeness (QED) is 0.658. The van der Waals surface area contributed by atoms with Gasteiger partial charge in [0.1, 0.15) is 17.2 Å². The summed E-state index contributed by atoms with van der Waals surface area (Å²) in [6.45, 7) is 3.54. The van der Waals surface area contributed by atoms with Crippen LogP contribution in [-0.4, -0.2) is 0 Å². The third-order valence-corrected chi connectivity index (χ3v) is 2.97. The number of hydrogen-bond donors (Lipinski definition) is 0. The Hall–Kier alpha value is -1.79. The van der Waals surface area contributed by atoms with Crippen LogP contribution in [-0.2, 0) is 0 Å². The maximum Gasteiger partial charge on any atom is 0.354 e. The number of rotatable bonds is 0. The second-order valence-corrected chi connectivity index (χ2v) is 4.01. The summed E-state index contributed by atoms with van der Waals surface area (Å²) in [5.41, 5.74) is 1.34. The molecule has 0 saturated heterocycles. The zero-order chi connectivity index (χ0) is 11.9. The maximum atomic E-state index is 11.5. The summed E-state index contributed by atoms with van der Waals surface area (Å²) in [5.74, 6) is 0. The van der Waals surface area contributed by atoms with Gasteiger partial charge in [-0.2, -0.15) is 5.26 Å². The molecule has 16 heavy (non-hydrogen) atoms. The van der Waals surface area contributed by atoms with Gasteiger partial charge >= 0.3 is 5.63 Å². The Morgan fingerprint density at radius 3 is 2.69 bits per heavy atom. The van der Waals surface area contributed by atoms with Gasteiger partial charge in [-0.05, 0) is 37.1 Å². The van der Waals surface area contributed by atoms with E-state index >= 15 is 0 Å². The lowest BCUT2D eigenvalue weighted by Gasteiger charge is -2.04. The molecule has 0 N–H and O–H groups in total. The number of fused-ring (bicyclic) bond motifs is 1. The van der Waals surface area contributed by atoms with Gasteiger partial charge in [0.05, 0.1) is 0 Å². The van der Waals surface area contributed by atoms with Crippen molar-refractivity contribution in [3.8, 4) is 6.07 Å². The van der Waals surface area contributed by atoms with E-state index in [9.17, 15) is 4.79 Å². The smallest absolute Gasteiger partial charge is 0.354 e. The van der Waals surface area contributed by atoms with Crippen molar-refractivity contribution in [2.45, 2.75) is 13.8 Å². The average molecular weight is 234 g/mol. The molecule has 0 unspecified atom stereocenters. The van der Waals surface area contributed by atoms with E-state index in [0.29, 0.717) is 21.6 Å². The minimum atomic E-state index is -0.603. The number of nitriles is 1. The van der Waals surface area contributed by atoms with Crippen LogP contribution in [0.1, 0.15) is 16.7 Å². The molecule has 1 aromatic carbocycles. The summed E-state index contributed by atoms with van der Waals surface area (Å²) in [7, 11) is 0. The summed E-state index contributed by atoms with van der Waals surface area (Å²) in [5, 5.41) is 10.1. The van der Waals surface area contributed by atoms with Crippen LogP contribution < -0.4 is 5.63 Å². The van der Waals surface area contributed by atoms with Gasteiger partial charge in [0.15, 0.2) is 0 Å². The van der Waals surface area contributed by atoms with Gasteiger partial charge < -0.3 is 4.42 Å². The zero-order valence-corrected chi connectivity index (χ0v) is 9.55. The van der Waals surface area contributed by atoms with Gasteiger partial charge in [0, 0.05) is 10.4 Å². The minimum absolute atomic E-state index is 0.0346. The van der Waals surface area contributed by atoms with E-state index in [1.807, 2.05) is 13.0 Å². The fourth-order valence-corrected chi connectivity index (χ4v) is 1.76. The Morgan fingerprint density at radius 1 is 1.38 bits per heavy atom. The van der Waals surface area contributed by atoms with Gasteiger partial charge in [-0.3, -0.25) is 0 Å². The van der Waals surface area contributed by atoms with Gasteiger partial charge in [-0.25, -0.2) is 4.79 Å². The van der Waals surface area contributed by atoms with E-state index in [2.05, 4.69) is 0 Å². The number of aryl methyl sites for hydroxylation is 2. The topological polar surface area (TPSA) is 54.0 Å². The number of halogens is 1. The van der Waals surface area contributed by atoms with Crippen molar-refractivity contribution in [1.29, 1.82) is 5.26 Å². The first kappa shape index (κ1) is 10.7. The first-order chi connectivity index (χ1) is 7.54. The van der Waals surface area contributed by atoms with Crippen LogP contribution in [0.4, 0.5) is 0 Å². The summed E-state index contributed by atoms with van der Waals surface area (Å²) in [4.78, 5) is 11.5. The molecule has 1 aromatic heterocycles. The number of benzene rings is 1.